The first-order valence-corrected chi connectivity index (χ1v) is 16.5. The Kier molecular flexibility index (Phi) is 9.83. The number of rotatable bonds is 13. The van der Waals surface area contributed by atoms with Gasteiger partial charge in [-0.05, 0) is 56.9 Å². The third kappa shape index (κ3) is 6.25. The van der Waals surface area contributed by atoms with Crippen molar-refractivity contribution in [3.05, 3.63) is 61.2 Å². The second-order valence-corrected chi connectivity index (χ2v) is 15.7. The van der Waals surface area contributed by atoms with Crippen molar-refractivity contribution < 1.29 is 24.2 Å². The van der Waals surface area contributed by atoms with E-state index in [0.717, 1.165) is 12.0 Å². The van der Waals surface area contributed by atoms with Crippen LogP contribution >= 0.6 is 0 Å². The van der Waals surface area contributed by atoms with Gasteiger partial charge in [0, 0.05) is 25.2 Å². The first kappa shape index (κ1) is 34.9. The van der Waals surface area contributed by atoms with Crippen LogP contribution in [0.1, 0.15) is 80.2 Å². The van der Waals surface area contributed by atoms with Crippen LogP contribution in [0.25, 0.3) is 0 Å². The summed E-state index contributed by atoms with van der Waals surface area (Å²) in [4.78, 5) is 49.6. The monoisotopic (exact) mass is 621 g/mol. The van der Waals surface area contributed by atoms with Crippen LogP contribution in [0.2, 0.25) is 0 Å². The molecule has 3 fully saturated rings. The van der Waals surface area contributed by atoms with Gasteiger partial charge in [-0.1, -0.05) is 77.1 Å². The van der Waals surface area contributed by atoms with Gasteiger partial charge in [0.1, 0.15) is 11.6 Å². The van der Waals surface area contributed by atoms with Gasteiger partial charge in [-0.25, -0.2) is 0 Å². The molecule has 3 aliphatic rings. The molecule has 3 aliphatic heterocycles. The van der Waals surface area contributed by atoms with Crippen molar-refractivity contribution in [1.29, 1.82) is 0 Å². The molecule has 2 unspecified atom stereocenters. The molecule has 8 nitrogen and oxygen atoms in total. The number of ether oxygens (including phenoxy) is 1. The average molecular weight is 622 g/mol. The minimum atomic E-state index is -1.19. The molecule has 1 spiro atoms. The third-order valence-corrected chi connectivity index (χ3v) is 10.2. The Bertz CT molecular complexity index is 1290. The first-order chi connectivity index (χ1) is 21.0. The van der Waals surface area contributed by atoms with Crippen LogP contribution in [0.4, 0.5) is 0 Å². The number of benzene rings is 1. The van der Waals surface area contributed by atoms with Crippen LogP contribution < -0.4 is 0 Å². The zero-order valence-electron chi connectivity index (χ0n) is 28.7. The molecule has 3 heterocycles. The molecule has 1 aromatic carbocycles. The highest BCUT2D eigenvalue weighted by molar-refractivity contribution is 5.99. The SMILES string of the molecule is C=CCN(Cc1ccccc1)C(=O)[C@H]1[C@H]2C(=O)N([C@@H](CO)C(C)C)C(C(=O)N(CC=C)C(C)(C)CC(C)(C)C)C23CC[C@]1(C)O3. The smallest absolute Gasteiger partial charge is 0.249 e. The van der Waals surface area contributed by atoms with E-state index >= 15 is 4.79 Å². The Morgan fingerprint density at radius 3 is 2.22 bits per heavy atom. The predicted molar refractivity (Wildman–Crippen MR) is 177 cm³/mol. The summed E-state index contributed by atoms with van der Waals surface area (Å²) in [5.74, 6) is -2.42. The van der Waals surface area contributed by atoms with Gasteiger partial charge in [0.05, 0.1) is 30.1 Å². The fourth-order valence-electron chi connectivity index (χ4n) is 8.69. The van der Waals surface area contributed by atoms with Crippen molar-refractivity contribution in [1.82, 2.24) is 14.7 Å². The molecule has 0 aromatic heterocycles. The van der Waals surface area contributed by atoms with Crippen LogP contribution in [0.15, 0.2) is 55.6 Å². The molecular formula is C37H55N3O5. The molecule has 8 heteroatoms. The highest BCUT2D eigenvalue weighted by Gasteiger charge is 2.79. The Labute approximate surface area is 270 Å². The molecule has 248 valence electrons. The minimum Gasteiger partial charge on any atom is -0.394 e. The van der Waals surface area contributed by atoms with Crippen molar-refractivity contribution in [2.45, 2.75) is 110 Å². The molecule has 0 radical (unpaired) electrons. The first-order valence-electron chi connectivity index (χ1n) is 16.5. The van der Waals surface area contributed by atoms with Crippen molar-refractivity contribution in [2.24, 2.45) is 23.2 Å². The number of likely N-dealkylation sites (tertiary alicyclic amines) is 1. The zero-order chi connectivity index (χ0) is 33.5. The normalized spacial score (nSPS) is 28.3. The number of carbonyl (C=O) groups is 3. The van der Waals surface area contributed by atoms with Crippen LogP contribution in [0, 0.1) is 23.2 Å². The van der Waals surface area contributed by atoms with Crippen LogP contribution in [0.5, 0.6) is 0 Å². The zero-order valence-corrected chi connectivity index (χ0v) is 28.7. The number of aliphatic hydroxyl groups is 1. The highest BCUT2D eigenvalue weighted by Crippen LogP contribution is 2.64. The summed E-state index contributed by atoms with van der Waals surface area (Å²) in [5, 5.41) is 10.6. The Balaban J connectivity index is 1.83. The lowest BCUT2D eigenvalue weighted by Crippen LogP contribution is -2.63. The van der Waals surface area contributed by atoms with Gasteiger partial charge in [-0.2, -0.15) is 0 Å². The molecule has 4 rings (SSSR count). The average Bonchev–Trinajstić information content (AvgIpc) is 3.51. The number of carbonyl (C=O) groups excluding carboxylic acids is 3. The largest absolute Gasteiger partial charge is 0.394 e. The van der Waals surface area contributed by atoms with E-state index in [-0.39, 0.29) is 35.7 Å². The number of amides is 3. The van der Waals surface area contributed by atoms with E-state index in [4.69, 9.17) is 4.74 Å². The van der Waals surface area contributed by atoms with Gasteiger partial charge in [0.2, 0.25) is 17.7 Å². The van der Waals surface area contributed by atoms with E-state index in [9.17, 15) is 14.7 Å². The van der Waals surface area contributed by atoms with Crippen LogP contribution in [-0.2, 0) is 25.7 Å². The molecule has 3 saturated heterocycles. The molecule has 0 saturated carbocycles. The van der Waals surface area contributed by atoms with Crippen molar-refractivity contribution >= 4 is 17.7 Å². The van der Waals surface area contributed by atoms with Crippen molar-refractivity contribution in [3.63, 3.8) is 0 Å². The second kappa shape index (κ2) is 12.7. The number of fused-ring (bicyclic) bond motifs is 1. The quantitative estimate of drug-likeness (QED) is 0.306. The lowest BCUT2D eigenvalue weighted by Gasteiger charge is -2.47. The van der Waals surface area contributed by atoms with Crippen molar-refractivity contribution in [3.8, 4) is 0 Å². The standard InChI is InChI=1S/C37H55N3O5/c1-11-20-38(22-26-16-14-13-15-17-26)31(42)28-29-32(43)40(27(23-41)25(3)4)30(37(29)19-18-36(28,10)45-37)33(44)39(21-12-2)35(8,9)24-34(5,6)7/h11-17,25,27-30,41H,1-2,18-24H2,3-10H3/t27-,28+,29-,30?,36-,37?/m0/s1. The maximum Gasteiger partial charge on any atom is 0.249 e. The summed E-state index contributed by atoms with van der Waals surface area (Å²) in [7, 11) is 0. The number of hydrogen-bond donors (Lipinski definition) is 1. The van der Waals surface area contributed by atoms with E-state index in [1.165, 1.54) is 0 Å². The lowest BCUT2D eigenvalue weighted by molar-refractivity contribution is -0.161. The van der Waals surface area contributed by atoms with Gasteiger partial charge in [0.25, 0.3) is 0 Å². The summed E-state index contributed by atoms with van der Waals surface area (Å²) in [6, 6.07) is 8.18. The number of aliphatic hydroxyl groups excluding tert-OH is 1. The summed E-state index contributed by atoms with van der Waals surface area (Å²) in [5.41, 5.74) is -1.75. The van der Waals surface area contributed by atoms with Crippen molar-refractivity contribution in [2.75, 3.05) is 19.7 Å². The van der Waals surface area contributed by atoms with E-state index in [1.807, 2.05) is 56.0 Å². The summed E-state index contributed by atoms with van der Waals surface area (Å²) < 4.78 is 6.94. The predicted octanol–water partition coefficient (Wildman–Crippen LogP) is 5.21. The van der Waals surface area contributed by atoms with E-state index in [1.54, 1.807) is 22.0 Å². The Morgan fingerprint density at radius 1 is 1.07 bits per heavy atom. The number of hydrogen-bond acceptors (Lipinski definition) is 5. The Hall–Kier alpha value is -2.97. The van der Waals surface area contributed by atoms with Gasteiger partial charge in [0.15, 0.2) is 0 Å². The van der Waals surface area contributed by atoms with Gasteiger partial charge >= 0.3 is 0 Å². The summed E-state index contributed by atoms with van der Waals surface area (Å²) >= 11 is 0. The topological polar surface area (TPSA) is 90.4 Å². The maximum atomic E-state index is 15.1. The molecule has 0 aliphatic carbocycles. The maximum absolute atomic E-state index is 15.1. The molecule has 2 bridgehead atoms. The van der Waals surface area contributed by atoms with E-state index in [2.05, 4.69) is 47.8 Å². The summed E-state index contributed by atoms with van der Waals surface area (Å²) in [6.07, 6.45) is 5.18. The van der Waals surface area contributed by atoms with Crippen LogP contribution in [0.3, 0.4) is 0 Å². The fourth-order valence-corrected chi connectivity index (χ4v) is 8.69. The molecule has 6 atom stereocenters. The van der Waals surface area contributed by atoms with E-state index in [0.29, 0.717) is 32.5 Å². The van der Waals surface area contributed by atoms with Gasteiger partial charge < -0.3 is 24.5 Å². The molecule has 45 heavy (non-hydrogen) atoms. The highest BCUT2D eigenvalue weighted by atomic mass is 16.5. The van der Waals surface area contributed by atoms with E-state index < -0.39 is 40.7 Å². The Morgan fingerprint density at radius 2 is 1.69 bits per heavy atom. The number of nitrogens with zero attached hydrogens (tertiary/aromatic N) is 3. The second-order valence-electron chi connectivity index (χ2n) is 15.7. The summed E-state index contributed by atoms with van der Waals surface area (Å²) in [6.45, 7) is 24.9. The van der Waals surface area contributed by atoms with Crippen LogP contribution in [-0.4, -0.2) is 86.0 Å². The lowest BCUT2D eigenvalue weighted by atomic mass is 9.66. The van der Waals surface area contributed by atoms with Gasteiger partial charge in [-0.15, -0.1) is 13.2 Å². The molecule has 3 amide bonds. The van der Waals surface area contributed by atoms with Gasteiger partial charge in [-0.3, -0.25) is 14.4 Å². The minimum absolute atomic E-state index is 0.0680. The molecular weight excluding hydrogens is 566 g/mol. The third-order valence-electron chi connectivity index (χ3n) is 10.2. The molecule has 1 N–H and O–H groups in total. The molecule has 1 aromatic rings. The fraction of sp³-hybridized carbons (Fsp3) is 0.649.